The molecule has 0 spiro atoms. The molecule has 29 heavy (non-hydrogen) atoms. The lowest BCUT2D eigenvalue weighted by Crippen LogP contribution is -2.39. The molecule has 2 aromatic carbocycles. The number of carbonyl (C=O) groups excluding carboxylic acids is 2. The average Bonchev–Trinajstić information content (AvgIpc) is 3.11. The van der Waals surface area contributed by atoms with Crippen molar-refractivity contribution in [2.24, 2.45) is 0 Å². The summed E-state index contributed by atoms with van der Waals surface area (Å²) in [7, 11) is 1.40. The van der Waals surface area contributed by atoms with E-state index in [1.165, 1.54) is 24.1 Å². The number of unbranched alkanes of at least 4 members (excludes halogenated alkanes) is 1. The standard InChI is InChI=1S/C21H22N2O6/c1-3-4-9-29-20-12-18(23(26)27)16(11-19(20)28-2)21(25)22-15(13-24)10-14-7-5-6-8-17(14)22/h5-8,11-13,15H,3-4,9-10H2,1-2H3/t15-/m0/s1. The molecule has 0 radical (unpaired) electrons. The van der Waals surface area contributed by atoms with Gasteiger partial charge in [0.1, 0.15) is 11.8 Å². The van der Waals surface area contributed by atoms with Gasteiger partial charge in [-0.05, 0) is 18.1 Å². The summed E-state index contributed by atoms with van der Waals surface area (Å²) in [6.45, 7) is 2.38. The van der Waals surface area contributed by atoms with Gasteiger partial charge in [0.15, 0.2) is 11.5 Å². The summed E-state index contributed by atoms with van der Waals surface area (Å²) in [6, 6.07) is 8.94. The van der Waals surface area contributed by atoms with E-state index >= 15 is 0 Å². The zero-order chi connectivity index (χ0) is 21.0. The van der Waals surface area contributed by atoms with E-state index in [-0.39, 0.29) is 17.1 Å². The molecule has 1 atom stereocenters. The molecule has 1 amide bonds. The van der Waals surface area contributed by atoms with Crippen LogP contribution in [0.15, 0.2) is 36.4 Å². The van der Waals surface area contributed by atoms with E-state index in [1.807, 2.05) is 19.1 Å². The maximum Gasteiger partial charge on any atom is 0.286 e. The smallest absolute Gasteiger partial charge is 0.286 e. The molecule has 0 fully saturated rings. The van der Waals surface area contributed by atoms with Crippen LogP contribution in [0.4, 0.5) is 11.4 Å². The van der Waals surface area contributed by atoms with E-state index in [2.05, 4.69) is 0 Å². The number of methoxy groups -OCH3 is 1. The third kappa shape index (κ3) is 3.91. The van der Waals surface area contributed by atoms with E-state index in [0.29, 0.717) is 25.0 Å². The number of aldehydes is 1. The number of nitrogens with zero attached hydrogens (tertiary/aromatic N) is 2. The van der Waals surface area contributed by atoms with Gasteiger partial charge in [-0.2, -0.15) is 0 Å². The Morgan fingerprint density at radius 2 is 2.07 bits per heavy atom. The van der Waals surface area contributed by atoms with Crippen molar-refractivity contribution in [3.63, 3.8) is 0 Å². The van der Waals surface area contributed by atoms with Crippen LogP contribution in [0, 0.1) is 10.1 Å². The third-order valence-corrected chi connectivity index (χ3v) is 4.85. The zero-order valence-electron chi connectivity index (χ0n) is 16.3. The average molecular weight is 398 g/mol. The second-order valence-electron chi connectivity index (χ2n) is 6.69. The van der Waals surface area contributed by atoms with Crippen LogP contribution in [-0.4, -0.2) is 36.9 Å². The Balaban J connectivity index is 2.06. The number of amides is 1. The van der Waals surface area contributed by atoms with Gasteiger partial charge < -0.3 is 14.3 Å². The van der Waals surface area contributed by atoms with Crippen LogP contribution in [0.3, 0.4) is 0 Å². The molecular weight excluding hydrogens is 376 g/mol. The Morgan fingerprint density at radius 3 is 2.72 bits per heavy atom. The van der Waals surface area contributed by atoms with Crippen molar-refractivity contribution < 1.29 is 24.0 Å². The topological polar surface area (TPSA) is 99.0 Å². The van der Waals surface area contributed by atoms with Crippen LogP contribution in [0.5, 0.6) is 11.5 Å². The molecule has 0 unspecified atom stereocenters. The maximum atomic E-state index is 13.3. The van der Waals surface area contributed by atoms with Gasteiger partial charge in [0.2, 0.25) is 0 Å². The highest BCUT2D eigenvalue weighted by Gasteiger charge is 2.37. The number of carbonyl (C=O) groups is 2. The third-order valence-electron chi connectivity index (χ3n) is 4.85. The predicted octanol–water partition coefficient (Wildman–Crippen LogP) is 3.55. The van der Waals surface area contributed by atoms with Crippen molar-refractivity contribution in [2.45, 2.75) is 32.2 Å². The van der Waals surface area contributed by atoms with Crippen molar-refractivity contribution in [2.75, 3.05) is 18.6 Å². The van der Waals surface area contributed by atoms with E-state index in [1.54, 1.807) is 12.1 Å². The van der Waals surface area contributed by atoms with Gasteiger partial charge in [-0.1, -0.05) is 31.5 Å². The van der Waals surface area contributed by atoms with Crippen molar-refractivity contribution in [1.29, 1.82) is 0 Å². The highest BCUT2D eigenvalue weighted by atomic mass is 16.6. The number of nitro groups is 1. The fraction of sp³-hybridized carbons (Fsp3) is 0.333. The molecule has 8 nitrogen and oxygen atoms in total. The lowest BCUT2D eigenvalue weighted by molar-refractivity contribution is -0.385. The van der Waals surface area contributed by atoms with Crippen molar-refractivity contribution in [3.8, 4) is 11.5 Å². The Bertz CT molecular complexity index is 943. The van der Waals surface area contributed by atoms with Gasteiger partial charge >= 0.3 is 0 Å². The van der Waals surface area contributed by atoms with Gasteiger partial charge in [0.25, 0.3) is 11.6 Å². The molecule has 1 aliphatic heterocycles. The number of rotatable bonds is 8. The summed E-state index contributed by atoms with van der Waals surface area (Å²) < 4.78 is 10.9. The number of anilines is 1. The van der Waals surface area contributed by atoms with Crippen molar-refractivity contribution in [1.82, 2.24) is 0 Å². The highest BCUT2D eigenvalue weighted by Crippen LogP contribution is 2.38. The van der Waals surface area contributed by atoms with Crippen LogP contribution in [-0.2, 0) is 11.2 Å². The minimum atomic E-state index is -0.717. The lowest BCUT2D eigenvalue weighted by atomic mass is 10.1. The number of hydrogen-bond acceptors (Lipinski definition) is 6. The molecule has 2 aromatic rings. The van der Waals surface area contributed by atoms with Crippen LogP contribution in [0.1, 0.15) is 35.7 Å². The highest BCUT2D eigenvalue weighted by molar-refractivity contribution is 6.12. The molecule has 8 heteroatoms. The van der Waals surface area contributed by atoms with Gasteiger partial charge in [-0.25, -0.2) is 0 Å². The number of ether oxygens (including phenoxy) is 2. The zero-order valence-corrected chi connectivity index (χ0v) is 16.3. The first kappa shape index (κ1) is 20.3. The monoisotopic (exact) mass is 398 g/mol. The summed E-state index contributed by atoms with van der Waals surface area (Å²) in [5, 5.41) is 11.7. The Morgan fingerprint density at radius 1 is 1.31 bits per heavy atom. The number of fused-ring (bicyclic) bond motifs is 1. The van der Waals surface area contributed by atoms with Crippen LogP contribution in [0.25, 0.3) is 0 Å². The number of benzene rings is 2. The quantitative estimate of drug-likeness (QED) is 0.292. The fourth-order valence-electron chi connectivity index (χ4n) is 3.38. The Kier molecular flexibility index (Phi) is 6.11. The van der Waals surface area contributed by atoms with Crippen LogP contribution in [0.2, 0.25) is 0 Å². The Labute approximate surface area is 168 Å². The van der Waals surface area contributed by atoms with Crippen LogP contribution >= 0.6 is 0 Å². The van der Waals surface area contributed by atoms with Gasteiger partial charge in [-0.3, -0.25) is 19.8 Å². The normalized spacial score (nSPS) is 15.0. The summed E-state index contributed by atoms with van der Waals surface area (Å²) in [5.74, 6) is -0.194. The molecule has 152 valence electrons. The minimum Gasteiger partial charge on any atom is -0.493 e. The molecule has 0 saturated heterocycles. The summed E-state index contributed by atoms with van der Waals surface area (Å²) in [6.07, 6.45) is 2.74. The largest absolute Gasteiger partial charge is 0.493 e. The second kappa shape index (κ2) is 8.72. The Hall–Kier alpha value is -3.42. The van der Waals surface area contributed by atoms with Gasteiger partial charge in [0.05, 0.1) is 30.7 Å². The van der Waals surface area contributed by atoms with Crippen molar-refractivity contribution >= 4 is 23.6 Å². The molecule has 1 heterocycles. The lowest BCUT2D eigenvalue weighted by Gasteiger charge is -2.22. The summed E-state index contributed by atoms with van der Waals surface area (Å²) >= 11 is 0. The molecule has 0 aliphatic carbocycles. The predicted molar refractivity (Wildman–Crippen MR) is 107 cm³/mol. The first-order valence-corrected chi connectivity index (χ1v) is 9.37. The van der Waals surface area contributed by atoms with E-state index in [0.717, 1.165) is 18.4 Å². The van der Waals surface area contributed by atoms with E-state index in [9.17, 15) is 19.7 Å². The first-order chi connectivity index (χ1) is 14.0. The minimum absolute atomic E-state index is 0.154. The molecular formula is C21H22N2O6. The molecule has 0 bridgehead atoms. The SMILES string of the molecule is CCCCOc1cc([N+](=O)[O-])c(C(=O)N2c3ccccc3C[C@H]2C=O)cc1OC. The first-order valence-electron chi connectivity index (χ1n) is 9.37. The van der Waals surface area contributed by atoms with Crippen LogP contribution < -0.4 is 14.4 Å². The molecule has 1 aliphatic rings. The number of nitro benzene ring substituents is 1. The van der Waals surface area contributed by atoms with Gasteiger partial charge in [0, 0.05) is 18.2 Å². The summed E-state index contributed by atoms with van der Waals surface area (Å²) in [5.41, 5.74) is 0.868. The number of para-hydroxylation sites is 1. The van der Waals surface area contributed by atoms with E-state index in [4.69, 9.17) is 9.47 Å². The fourth-order valence-corrected chi connectivity index (χ4v) is 3.38. The molecule has 3 rings (SSSR count). The molecule has 0 N–H and O–H groups in total. The van der Waals surface area contributed by atoms with Gasteiger partial charge in [-0.15, -0.1) is 0 Å². The second-order valence-corrected chi connectivity index (χ2v) is 6.69. The molecule has 0 aromatic heterocycles. The number of hydrogen-bond donors (Lipinski definition) is 0. The molecule has 0 saturated carbocycles. The van der Waals surface area contributed by atoms with E-state index < -0.39 is 22.6 Å². The summed E-state index contributed by atoms with van der Waals surface area (Å²) in [4.78, 5) is 37.3. The maximum absolute atomic E-state index is 13.3. The van der Waals surface area contributed by atoms with Crippen molar-refractivity contribution in [3.05, 3.63) is 57.6 Å².